The van der Waals surface area contributed by atoms with Crippen molar-refractivity contribution in [1.82, 2.24) is 0 Å². The Morgan fingerprint density at radius 3 is 1.29 bits per heavy atom. The monoisotopic (exact) mass is 284 g/mol. The van der Waals surface area contributed by atoms with E-state index in [0.717, 1.165) is 0 Å². The summed E-state index contributed by atoms with van der Waals surface area (Å²) in [6, 6.07) is 0. The quantitative estimate of drug-likeness (QED) is 0.162. The molecule has 68 valence electrons. The van der Waals surface area contributed by atoms with Crippen LogP contribution in [0, 0.1) is 0 Å². The summed E-state index contributed by atoms with van der Waals surface area (Å²) in [5, 5.41) is 15.2. The topological polar surface area (TPSA) is 177 Å². The molecule has 0 amide bonds. The van der Waals surface area contributed by atoms with Crippen LogP contribution in [0.3, 0.4) is 0 Å². The van der Waals surface area contributed by atoms with E-state index in [1.54, 1.807) is 0 Å². The van der Waals surface area contributed by atoms with Crippen LogP contribution < -0.4 is 64.4 Å². The van der Waals surface area contributed by atoms with Crippen molar-refractivity contribution in [3.63, 3.8) is 0 Å². The van der Waals surface area contributed by atoms with Crippen LogP contribution in [0.4, 0.5) is 0 Å². The van der Waals surface area contributed by atoms with Crippen molar-refractivity contribution in [2.45, 2.75) is 0 Å². The fourth-order valence-corrected chi connectivity index (χ4v) is 0. The molecular weight excluding hydrogens is 278 g/mol. The number of aliphatic hydroxyl groups excluding tert-OH is 1. The Morgan fingerprint density at radius 1 is 1.21 bits per heavy atom. The van der Waals surface area contributed by atoms with Gasteiger partial charge in [-0.2, -0.15) is 0 Å². The summed E-state index contributed by atoms with van der Waals surface area (Å²) >= 11 is 0. The Hall–Kier alpha value is 3.30. The van der Waals surface area contributed by atoms with Gasteiger partial charge in [0.2, 0.25) is 0 Å². The molecule has 0 fully saturated rings. The van der Waals surface area contributed by atoms with Crippen molar-refractivity contribution in [2.24, 2.45) is 0 Å². The van der Waals surface area contributed by atoms with Crippen LogP contribution in [0.2, 0.25) is 0 Å². The van der Waals surface area contributed by atoms with Crippen LogP contribution in [0.5, 0.6) is 0 Å². The van der Waals surface area contributed by atoms with Crippen LogP contribution in [0.1, 0.15) is 1.43 Å². The summed E-state index contributed by atoms with van der Waals surface area (Å²) in [7, 11) is 0. The summed E-state index contributed by atoms with van der Waals surface area (Å²) in [6.45, 7) is 0.319. The van der Waals surface area contributed by atoms with Gasteiger partial charge >= 0.3 is 135 Å². The minimum Gasteiger partial charge on any atom is -1.00 e. The Labute approximate surface area is 186 Å². The van der Waals surface area contributed by atoms with Gasteiger partial charge in [-0.1, -0.05) is 6.47 Å². The molecule has 12 heteroatoms. The van der Waals surface area contributed by atoms with E-state index in [9.17, 15) is 0 Å². The number of hydrogen-bond acceptors (Lipinski definition) is 7. The second-order valence-electron chi connectivity index (χ2n) is 0.284. The van der Waals surface area contributed by atoms with Gasteiger partial charge in [-0.15, -0.1) is 0 Å². The molecule has 0 heterocycles. The molecule has 0 aromatic heterocycles. The molecule has 0 rings (SSSR count). The van der Waals surface area contributed by atoms with Gasteiger partial charge in [-0.05, 0) is 0 Å². The second-order valence-corrected chi connectivity index (χ2v) is 0.284. The molecule has 0 saturated carbocycles. The Kier molecular flexibility index (Phi) is 458. The third kappa shape index (κ3) is 169. The van der Waals surface area contributed by atoms with Crippen LogP contribution in [0.15, 0.2) is 0 Å². The third-order valence-electron chi connectivity index (χ3n) is 0.0393. The molecule has 0 unspecified atom stereocenters. The van der Waals surface area contributed by atoms with Gasteiger partial charge in [0, 0.05) is 0 Å². The standard InChI is InChI=1S/CH2O3.CHO2.2Ca.2Na.3H2O.H/c2-1-4-3;2-1-3;;;;;;;;/h1,3H;(H,2,3);;;;;3*1H2;/q;-1;2*+2;2*+1;;;;-1/p-4. The molecule has 0 atom stereocenters. The zero-order valence-corrected chi connectivity index (χ0v) is 16.3. The maximum atomic E-state index is 8.64. The molecule has 0 aromatic carbocycles. The van der Waals surface area contributed by atoms with E-state index >= 15 is 0 Å². The molecule has 0 spiro atoms. The van der Waals surface area contributed by atoms with Gasteiger partial charge < -0.3 is 37.9 Å². The molecule has 0 aliphatic carbocycles. The molecule has 0 saturated heterocycles. The largest absolute Gasteiger partial charge is 2.00 e. The molecule has 4 N–H and O–H groups in total. The molecular formula is C2H6Ca2Na2O8. The Bertz CT molecular complexity index is 63.9. The fourth-order valence-electron chi connectivity index (χ4n) is 0. The van der Waals surface area contributed by atoms with Gasteiger partial charge in [0.05, 0.1) is 0 Å². The number of carbonyl (C=O) groups excluding carboxylic acids is 1. The first-order chi connectivity index (χ1) is 3.33. The van der Waals surface area contributed by atoms with Crippen LogP contribution in [0.25, 0.3) is 0 Å². The van der Waals surface area contributed by atoms with Crippen molar-refractivity contribution in [2.75, 3.05) is 0 Å². The summed E-state index contributed by atoms with van der Waals surface area (Å²) in [4.78, 5) is 19.5. The van der Waals surface area contributed by atoms with Gasteiger partial charge in [0.1, 0.15) is 0 Å². The van der Waals surface area contributed by atoms with Crippen molar-refractivity contribution < 1.29 is 102 Å². The molecule has 0 radical (unpaired) electrons. The SMILES string of the molecule is O=CO[O-].O=[C-]O.[Ca+2].[Ca+2].[H-].[Na+].[Na+].[OH-].[OH-].[OH-]. The average Bonchev–Trinajstić information content (AvgIpc) is 1.69. The van der Waals surface area contributed by atoms with Gasteiger partial charge in [0.25, 0.3) is 6.47 Å². The summed E-state index contributed by atoms with van der Waals surface area (Å²) in [5.74, 6) is 0. The van der Waals surface area contributed by atoms with Gasteiger partial charge in [-0.25, -0.2) is 0 Å². The summed E-state index contributed by atoms with van der Waals surface area (Å²) < 4.78 is 0. The molecule has 0 bridgehead atoms. The van der Waals surface area contributed by atoms with E-state index < -0.39 is 0 Å². The smallest absolute Gasteiger partial charge is 1.00 e. The molecule has 0 aliphatic rings. The predicted molar refractivity (Wildman–Crippen MR) is 33.9 cm³/mol. The van der Waals surface area contributed by atoms with E-state index in [2.05, 4.69) is 4.89 Å². The van der Waals surface area contributed by atoms with Crippen LogP contribution in [-0.2, 0) is 14.5 Å². The van der Waals surface area contributed by atoms with Crippen LogP contribution in [-0.4, -0.2) is 110 Å². The van der Waals surface area contributed by atoms with E-state index in [1.807, 2.05) is 0 Å². The maximum Gasteiger partial charge on any atom is 2.00 e. The van der Waals surface area contributed by atoms with Gasteiger partial charge in [0.15, 0.2) is 0 Å². The first-order valence-corrected chi connectivity index (χ1v) is 1.07. The maximum absolute atomic E-state index is 8.64. The molecule has 14 heavy (non-hydrogen) atoms. The van der Waals surface area contributed by atoms with E-state index in [0.29, 0.717) is 6.47 Å². The zero-order chi connectivity index (χ0) is 6.12. The van der Waals surface area contributed by atoms with Crippen molar-refractivity contribution in [3.05, 3.63) is 0 Å². The minimum absolute atomic E-state index is 0. The van der Waals surface area contributed by atoms with Gasteiger partial charge in [-0.3, -0.25) is 4.79 Å². The summed E-state index contributed by atoms with van der Waals surface area (Å²) in [6.07, 6.45) is 0. The average molecular weight is 284 g/mol. The number of carbonyl (C=O) groups is 1. The van der Waals surface area contributed by atoms with Crippen LogP contribution >= 0.6 is 0 Å². The van der Waals surface area contributed by atoms with Crippen molar-refractivity contribution in [1.29, 1.82) is 0 Å². The Morgan fingerprint density at radius 2 is 1.29 bits per heavy atom. The van der Waals surface area contributed by atoms with E-state index in [1.165, 1.54) is 0 Å². The second kappa shape index (κ2) is 96.1. The third-order valence-corrected chi connectivity index (χ3v) is 0.0393. The summed E-state index contributed by atoms with van der Waals surface area (Å²) in [5.41, 5.74) is 0. The zero-order valence-electron chi connectivity index (χ0n) is 8.91. The van der Waals surface area contributed by atoms with Crippen molar-refractivity contribution >= 4 is 88.4 Å². The minimum atomic E-state index is -0.181. The predicted octanol–water partition coefficient (Wildman–Crippen LogP) is -9.13. The first kappa shape index (κ1) is 66.7. The molecule has 0 aromatic rings. The van der Waals surface area contributed by atoms with Crippen molar-refractivity contribution in [3.8, 4) is 0 Å². The molecule has 0 aliphatic heterocycles. The first-order valence-electron chi connectivity index (χ1n) is 1.07. The normalized spacial score (nSPS) is 2.36. The van der Waals surface area contributed by atoms with E-state index in [-0.39, 0.29) is 159 Å². The fraction of sp³-hybridized carbons (Fsp3) is 0. The number of rotatable bonds is 1. The Balaban J connectivity index is -0.00000000275. The number of hydrogen-bond donors (Lipinski definition) is 1. The van der Waals surface area contributed by atoms with E-state index in [4.69, 9.17) is 20.0 Å². The molecule has 8 nitrogen and oxygen atoms in total.